The highest BCUT2D eigenvalue weighted by Gasteiger charge is 2.25. The number of amides is 1. The molecule has 1 amide bonds. The predicted octanol–water partition coefficient (Wildman–Crippen LogP) is 2.33. The highest BCUT2D eigenvalue weighted by Crippen LogP contribution is 2.23. The SMILES string of the molecule is CC(C#N)C(=O)N1CCc2nnc(-c3ccc(F)cc3)cc2C1. The van der Waals surface area contributed by atoms with Gasteiger partial charge in [-0.3, -0.25) is 4.79 Å². The normalized spacial score (nSPS) is 14.7. The van der Waals surface area contributed by atoms with Gasteiger partial charge in [0, 0.05) is 25.1 Å². The van der Waals surface area contributed by atoms with Gasteiger partial charge in [0.2, 0.25) is 5.91 Å². The molecule has 1 aliphatic rings. The minimum absolute atomic E-state index is 0.168. The highest BCUT2D eigenvalue weighted by molar-refractivity contribution is 5.81. The van der Waals surface area contributed by atoms with Crippen LogP contribution in [0.4, 0.5) is 4.39 Å². The Morgan fingerprint density at radius 3 is 2.78 bits per heavy atom. The first-order valence-electron chi connectivity index (χ1n) is 7.38. The number of nitrogens with zero attached hydrogens (tertiary/aromatic N) is 4. The van der Waals surface area contributed by atoms with Crippen molar-refractivity contribution in [1.29, 1.82) is 5.26 Å². The molecule has 0 fully saturated rings. The molecule has 0 spiro atoms. The molecule has 0 saturated carbocycles. The molecule has 1 atom stereocenters. The van der Waals surface area contributed by atoms with Crippen molar-refractivity contribution >= 4 is 5.91 Å². The van der Waals surface area contributed by atoms with Gasteiger partial charge >= 0.3 is 0 Å². The van der Waals surface area contributed by atoms with Crippen LogP contribution in [0.2, 0.25) is 0 Å². The molecule has 0 N–H and O–H groups in total. The smallest absolute Gasteiger partial charge is 0.239 e. The first kappa shape index (κ1) is 15.1. The average Bonchev–Trinajstić information content (AvgIpc) is 2.60. The Bertz CT molecular complexity index is 782. The van der Waals surface area contributed by atoms with Crippen LogP contribution in [0.3, 0.4) is 0 Å². The van der Waals surface area contributed by atoms with Crippen molar-refractivity contribution in [2.24, 2.45) is 5.92 Å². The minimum Gasteiger partial charge on any atom is -0.337 e. The first-order chi connectivity index (χ1) is 11.1. The van der Waals surface area contributed by atoms with Gasteiger partial charge in [-0.2, -0.15) is 15.5 Å². The lowest BCUT2D eigenvalue weighted by atomic mass is 10.0. The lowest BCUT2D eigenvalue weighted by Gasteiger charge is -2.28. The Balaban J connectivity index is 1.87. The molecule has 2 aromatic rings. The molecule has 3 rings (SSSR count). The molecule has 0 saturated heterocycles. The summed E-state index contributed by atoms with van der Waals surface area (Å²) in [6.07, 6.45) is 0.621. The molecule has 23 heavy (non-hydrogen) atoms. The van der Waals surface area contributed by atoms with Crippen LogP contribution in [-0.4, -0.2) is 27.5 Å². The number of fused-ring (bicyclic) bond motifs is 1. The van der Waals surface area contributed by atoms with Gasteiger partial charge in [-0.15, -0.1) is 0 Å². The van der Waals surface area contributed by atoms with Crippen LogP contribution in [0.15, 0.2) is 30.3 Å². The number of rotatable bonds is 2. The van der Waals surface area contributed by atoms with Crippen molar-refractivity contribution in [3.05, 3.63) is 47.4 Å². The second-order valence-corrected chi connectivity index (χ2v) is 5.57. The van der Waals surface area contributed by atoms with Gasteiger partial charge in [0.15, 0.2) is 0 Å². The van der Waals surface area contributed by atoms with Crippen molar-refractivity contribution in [1.82, 2.24) is 15.1 Å². The third-order valence-electron chi connectivity index (χ3n) is 3.96. The maximum Gasteiger partial charge on any atom is 0.239 e. The maximum atomic E-state index is 13.0. The lowest BCUT2D eigenvalue weighted by Crippen LogP contribution is -2.39. The van der Waals surface area contributed by atoms with Gasteiger partial charge in [-0.25, -0.2) is 4.39 Å². The van der Waals surface area contributed by atoms with E-state index in [9.17, 15) is 9.18 Å². The highest BCUT2D eigenvalue weighted by atomic mass is 19.1. The summed E-state index contributed by atoms with van der Waals surface area (Å²) in [4.78, 5) is 13.8. The largest absolute Gasteiger partial charge is 0.337 e. The van der Waals surface area contributed by atoms with Crippen molar-refractivity contribution in [3.63, 3.8) is 0 Å². The van der Waals surface area contributed by atoms with Gasteiger partial charge in [-0.1, -0.05) is 0 Å². The summed E-state index contributed by atoms with van der Waals surface area (Å²) >= 11 is 0. The Kier molecular flexibility index (Phi) is 4.02. The summed E-state index contributed by atoms with van der Waals surface area (Å²) in [6.45, 7) is 2.57. The number of aromatic nitrogens is 2. The molecule has 0 bridgehead atoms. The van der Waals surface area contributed by atoms with Gasteiger partial charge in [0.25, 0.3) is 0 Å². The van der Waals surface area contributed by atoms with E-state index in [2.05, 4.69) is 10.2 Å². The fraction of sp³-hybridized carbons (Fsp3) is 0.294. The summed E-state index contributed by atoms with van der Waals surface area (Å²) < 4.78 is 13.0. The van der Waals surface area contributed by atoms with Gasteiger partial charge in [0.05, 0.1) is 17.5 Å². The molecule has 1 aromatic carbocycles. The van der Waals surface area contributed by atoms with E-state index in [1.54, 1.807) is 24.0 Å². The predicted molar refractivity (Wildman–Crippen MR) is 81.3 cm³/mol. The Hall–Kier alpha value is -2.81. The molecule has 0 radical (unpaired) electrons. The molecule has 1 aliphatic heterocycles. The summed E-state index contributed by atoms with van der Waals surface area (Å²) in [5, 5.41) is 17.3. The van der Waals surface area contributed by atoms with E-state index in [1.165, 1.54) is 12.1 Å². The van der Waals surface area contributed by atoms with Crippen LogP contribution in [0.25, 0.3) is 11.3 Å². The van der Waals surface area contributed by atoms with E-state index in [-0.39, 0.29) is 11.7 Å². The lowest BCUT2D eigenvalue weighted by molar-refractivity contribution is -0.134. The van der Waals surface area contributed by atoms with Crippen molar-refractivity contribution < 1.29 is 9.18 Å². The Morgan fingerprint density at radius 2 is 2.09 bits per heavy atom. The second-order valence-electron chi connectivity index (χ2n) is 5.57. The summed E-state index contributed by atoms with van der Waals surface area (Å²) in [6, 6.07) is 9.90. The molecule has 116 valence electrons. The van der Waals surface area contributed by atoms with Crippen LogP contribution < -0.4 is 0 Å². The molecular weight excluding hydrogens is 295 g/mol. The van der Waals surface area contributed by atoms with Crippen LogP contribution in [0.1, 0.15) is 18.2 Å². The van der Waals surface area contributed by atoms with Crippen molar-refractivity contribution in [3.8, 4) is 17.3 Å². The van der Waals surface area contributed by atoms with E-state index in [1.807, 2.05) is 12.1 Å². The topological polar surface area (TPSA) is 69.9 Å². The monoisotopic (exact) mass is 310 g/mol. The zero-order valence-electron chi connectivity index (χ0n) is 12.7. The number of carbonyl (C=O) groups is 1. The van der Waals surface area contributed by atoms with Crippen LogP contribution in [0.5, 0.6) is 0 Å². The van der Waals surface area contributed by atoms with E-state index in [4.69, 9.17) is 5.26 Å². The maximum absolute atomic E-state index is 13.0. The number of carbonyl (C=O) groups excluding carboxylic acids is 1. The number of hydrogen-bond donors (Lipinski definition) is 0. The zero-order chi connectivity index (χ0) is 16.4. The quantitative estimate of drug-likeness (QED) is 0.853. The second kappa shape index (κ2) is 6.13. The number of nitriles is 1. The molecular formula is C17H15FN4O. The summed E-state index contributed by atoms with van der Waals surface area (Å²) in [7, 11) is 0. The van der Waals surface area contributed by atoms with Crippen LogP contribution in [0, 0.1) is 23.1 Å². The van der Waals surface area contributed by atoms with Crippen LogP contribution >= 0.6 is 0 Å². The van der Waals surface area contributed by atoms with Gasteiger partial charge < -0.3 is 4.90 Å². The number of benzene rings is 1. The Labute approximate surface area is 133 Å². The molecule has 6 heteroatoms. The first-order valence-corrected chi connectivity index (χ1v) is 7.38. The van der Waals surface area contributed by atoms with Gasteiger partial charge in [-0.05, 0) is 42.8 Å². The van der Waals surface area contributed by atoms with Gasteiger partial charge in [0.1, 0.15) is 11.7 Å². The molecule has 5 nitrogen and oxygen atoms in total. The number of halogens is 1. The third-order valence-corrected chi connectivity index (χ3v) is 3.96. The Morgan fingerprint density at radius 1 is 1.35 bits per heavy atom. The van der Waals surface area contributed by atoms with Crippen molar-refractivity contribution in [2.75, 3.05) is 6.54 Å². The molecule has 1 aromatic heterocycles. The van der Waals surface area contributed by atoms with E-state index < -0.39 is 5.92 Å². The fourth-order valence-electron chi connectivity index (χ4n) is 2.61. The minimum atomic E-state index is -0.650. The molecule has 1 unspecified atom stereocenters. The van der Waals surface area contributed by atoms with E-state index in [0.717, 1.165) is 16.8 Å². The molecule has 2 heterocycles. The zero-order valence-corrected chi connectivity index (χ0v) is 12.7. The molecule has 0 aliphatic carbocycles. The third kappa shape index (κ3) is 3.04. The number of hydrogen-bond acceptors (Lipinski definition) is 4. The fourth-order valence-corrected chi connectivity index (χ4v) is 2.61. The van der Waals surface area contributed by atoms with E-state index >= 15 is 0 Å². The van der Waals surface area contributed by atoms with E-state index in [0.29, 0.717) is 25.2 Å². The standard InChI is InChI=1S/C17H15FN4O/c1-11(9-19)17(23)22-7-6-15-13(10-22)8-16(21-20-15)12-2-4-14(18)5-3-12/h2-5,8,11H,6-7,10H2,1H3. The summed E-state index contributed by atoms with van der Waals surface area (Å²) in [5.41, 5.74) is 3.20. The summed E-state index contributed by atoms with van der Waals surface area (Å²) in [5.74, 6) is -1.12. The van der Waals surface area contributed by atoms with Crippen LogP contribution in [-0.2, 0) is 17.8 Å². The average molecular weight is 310 g/mol. The van der Waals surface area contributed by atoms with Crippen molar-refractivity contribution in [2.45, 2.75) is 19.9 Å².